The van der Waals surface area contributed by atoms with E-state index >= 15 is 0 Å². The highest BCUT2D eigenvalue weighted by molar-refractivity contribution is 5.18. The summed E-state index contributed by atoms with van der Waals surface area (Å²) in [7, 11) is 1.95. The maximum Gasteiger partial charge on any atom is 0.0759 e. The molecule has 0 spiro atoms. The van der Waals surface area contributed by atoms with Gasteiger partial charge >= 0.3 is 0 Å². The molecule has 0 amide bonds. The van der Waals surface area contributed by atoms with E-state index in [2.05, 4.69) is 39.6 Å². The third kappa shape index (κ3) is 3.11. The van der Waals surface area contributed by atoms with Crippen LogP contribution in [-0.2, 0) is 6.42 Å². The Hall–Kier alpha value is -1.74. The molecular weight excluding hydrogens is 210 g/mol. The van der Waals surface area contributed by atoms with E-state index in [1.807, 2.05) is 32.4 Å². The van der Waals surface area contributed by atoms with Crippen molar-refractivity contribution in [2.45, 2.75) is 19.4 Å². The lowest BCUT2D eigenvalue weighted by Crippen LogP contribution is -2.20. The van der Waals surface area contributed by atoms with Crippen molar-refractivity contribution < 1.29 is 0 Å². The maximum absolute atomic E-state index is 4.42. The van der Waals surface area contributed by atoms with Gasteiger partial charge in [-0.2, -0.15) is 0 Å². The third-order valence-corrected chi connectivity index (χ3v) is 2.79. The lowest BCUT2D eigenvalue weighted by atomic mass is 10.0. The average Bonchev–Trinajstić information content (AvgIpc) is 2.38. The SMILES string of the molecule is CNC(Cc1ccccc1)c1cnc(C)cn1. The number of aryl methyl sites for hydroxylation is 1. The molecule has 0 aliphatic heterocycles. The molecule has 0 saturated carbocycles. The Morgan fingerprint density at radius 3 is 2.47 bits per heavy atom. The molecule has 1 aromatic carbocycles. The molecule has 17 heavy (non-hydrogen) atoms. The van der Waals surface area contributed by atoms with Crippen molar-refractivity contribution in [2.75, 3.05) is 7.05 Å². The van der Waals surface area contributed by atoms with Gasteiger partial charge in [0.25, 0.3) is 0 Å². The first-order valence-corrected chi connectivity index (χ1v) is 5.79. The lowest BCUT2D eigenvalue weighted by Gasteiger charge is -2.15. The first-order chi connectivity index (χ1) is 8.29. The van der Waals surface area contributed by atoms with Gasteiger partial charge in [0.1, 0.15) is 0 Å². The molecule has 1 heterocycles. The van der Waals surface area contributed by atoms with Gasteiger partial charge in [-0.15, -0.1) is 0 Å². The van der Waals surface area contributed by atoms with Gasteiger partial charge in [-0.25, -0.2) is 0 Å². The van der Waals surface area contributed by atoms with E-state index < -0.39 is 0 Å². The van der Waals surface area contributed by atoms with Crippen LogP contribution in [0, 0.1) is 6.92 Å². The van der Waals surface area contributed by atoms with E-state index in [0.29, 0.717) is 0 Å². The number of aromatic nitrogens is 2. The predicted molar refractivity (Wildman–Crippen MR) is 68.7 cm³/mol. The van der Waals surface area contributed by atoms with Gasteiger partial charge in [-0.3, -0.25) is 9.97 Å². The average molecular weight is 227 g/mol. The van der Waals surface area contributed by atoms with Crippen molar-refractivity contribution >= 4 is 0 Å². The number of nitrogens with one attached hydrogen (secondary N) is 1. The molecule has 2 aromatic rings. The summed E-state index contributed by atoms with van der Waals surface area (Å²) in [5.41, 5.74) is 3.24. The summed E-state index contributed by atoms with van der Waals surface area (Å²) in [5, 5.41) is 3.28. The normalized spacial score (nSPS) is 12.4. The van der Waals surface area contributed by atoms with Gasteiger partial charge in [0.2, 0.25) is 0 Å². The molecule has 2 rings (SSSR count). The number of benzene rings is 1. The highest BCUT2D eigenvalue weighted by atomic mass is 14.9. The summed E-state index contributed by atoms with van der Waals surface area (Å²) in [6, 6.07) is 10.6. The fourth-order valence-electron chi connectivity index (χ4n) is 1.79. The Bertz CT molecular complexity index is 451. The molecule has 3 heteroatoms. The number of hydrogen-bond acceptors (Lipinski definition) is 3. The Morgan fingerprint density at radius 1 is 1.12 bits per heavy atom. The summed E-state index contributed by atoms with van der Waals surface area (Å²) in [5.74, 6) is 0. The number of likely N-dealkylation sites (N-methyl/N-ethyl adjacent to an activating group) is 1. The van der Waals surface area contributed by atoms with E-state index in [4.69, 9.17) is 0 Å². The first kappa shape index (κ1) is 11.7. The molecule has 0 bridgehead atoms. The van der Waals surface area contributed by atoms with Gasteiger partial charge < -0.3 is 5.32 Å². The molecular formula is C14H17N3. The minimum absolute atomic E-state index is 0.213. The highest BCUT2D eigenvalue weighted by Gasteiger charge is 2.11. The topological polar surface area (TPSA) is 37.8 Å². The number of nitrogens with zero attached hydrogens (tertiary/aromatic N) is 2. The first-order valence-electron chi connectivity index (χ1n) is 5.79. The molecule has 0 radical (unpaired) electrons. The summed E-state index contributed by atoms with van der Waals surface area (Å²) in [6.45, 7) is 1.95. The largest absolute Gasteiger partial charge is 0.311 e. The van der Waals surface area contributed by atoms with E-state index in [1.165, 1.54) is 5.56 Å². The fourth-order valence-corrected chi connectivity index (χ4v) is 1.79. The van der Waals surface area contributed by atoms with Crippen molar-refractivity contribution in [3.05, 3.63) is 59.7 Å². The van der Waals surface area contributed by atoms with Crippen LogP contribution in [0.2, 0.25) is 0 Å². The van der Waals surface area contributed by atoms with Crippen molar-refractivity contribution in [3.8, 4) is 0 Å². The van der Waals surface area contributed by atoms with Crippen LogP contribution in [0.1, 0.15) is 23.0 Å². The molecule has 0 aliphatic carbocycles. The van der Waals surface area contributed by atoms with E-state index in [9.17, 15) is 0 Å². The monoisotopic (exact) mass is 227 g/mol. The van der Waals surface area contributed by atoms with Gasteiger partial charge in [0, 0.05) is 6.20 Å². The van der Waals surface area contributed by atoms with Crippen molar-refractivity contribution in [1.82, 2.24) is 15.3 Å². The van der Waals surface area contributed by atoms with Gasteiger partial charge in [-0.05, 0) is 26.0 Å². The smallest absolute Gasteiger partial charge is 0.0759 e. The zero-order chi connectivity index (χ0) is 12.1. The lowest BCUT2D eigenvalue weighted by molar-refractivity contribution is 0.572. The van der Waals surface area contributed by atoms with Gasteiger partial charge in [-0.1, -0.05) is 30.3 Å². The van der Waals surface area contributed by atoms with Crippen molar-refractivity contribution in [2.24, 2.45) is 0 Å². The molecule has 0 fully saturated rings. The van der Waals surface area contributed by atoms with Crippen LogP contribution in [-0.4, -0.2) is 17.0 Å². The fraction of sp³-hybridized carbons (Fsp3) is 0.286. The predicted octanol–water partition coefficient (Wildman–Crippen LogP) is 2.29. The Balaban J connectivity index is 2.14. The summed E-state index contributed by atoms with van der Waals surface area (Å²) in [6.07, 6.45) is 4.58. The van der Waals surface area contributed by atoms with Crippen molar-refractivity contribution in [3.63, 3.8) is 0 Å². The second-order valence-corrected chi connectivity index (χ2v) is 4.11. The van der Waals surface area contributed by atoms with Gasteiger partial charge in [0.15, 0.2) is 0 Å². The quantitative estimate of drug-likeness (QED) is 0.870. The van der Waals surface area contributed by atoms with Crippen LogP contribution in [0.3, 0.4) is 0 Å². The maximum atomic E-state index is 4.42. The Kier molecular flexibility index (Phi) is 3.83. The van der Waals surface area contributed by atoms with Crippen LogP contribution in [0.15, 0.2) is 42.7 Å². The molecule has 1 N–H and O–H groups in total. The summed E-state index contributed by atoms with van der Waals surface area (Å²) >= 11 is 0. The van der Waals surface area contributed by atoms with E-state index in [-0.39, 0.29) is 6.04 Å². The van der Waals surface area contributed by atoms with Crippen LogP contribution >= 0.6 is 0 Å². The molecule has 0 saturated heterocycles. The Labute approximate surface area is 102 Å². The zero-order valence-corrected chi connectivity index (χ0v) is 10.2. The third-order valence-electron chi connectivity index (χ3n) is 2.79. The minimum atomic E-state index is 0.213. The second-order valence-electron chi connectivity index (χ2n) is 4.11. The second kappa shape index (κ2) is 5.55. The van der Waals surface area contributed by atoms with Crippen LogP contribution in [0.4, 0.5) is 0 Å². The molecule has 1 unspecified atom stereocenters. The minimum Gasteiger partial charge on any atom is -0.311 e. The standard InChI is InChI=1S/C14H17N3/c1-11-9-17-14(10-16-11)13(15-2)8-12-6-4-3-5-7-12/h3-7,9-10,13,15H,8H2,1-2H3. The Morgan fingerprint density at radius 2 is 1.88 bits per heavy atom. The van der Waals surface area contributed by atoms with Crippen molar-refractivity contribution in [1.29, 1.82) is 0 Å². The number of hydrogen-bond donors (Lipinski definition) is 1. The molecule has 88 valence electrons. The van der Waals surface area contributed by atoms with Crippen LogP contribution < -0.4 is 5.32 Å². The summed E-state index contributed by atoms with van der Waals surface area (Å²) < 4.78 is 0. The molecule has 1 atom stereocenters. The zero-order valence-electron chi connectivity index (χ0n) is 10.2. The number of rotatable bonds is 4. The summed E-state index contributed by atoms with van der Waals surface area (Å²) in [4.78, 5) is 8.71. The highest BCUT2D eigenvalue weighted by Crippen LogP contribution is 2.15. The van der Waals surface area contributed by atoms with Gasteiger partial charge in [0.05, 0.1) is 23.6 Å². The van der Waals surface area contributed by atoms with E-state index in [1.54, 1.807) is 0 Å². The van der Waals surface area contributed by atoms with Crippen LogP contribution in [0.25, 0.3) is 0 Å². The molecule has 1 aromatic heterocycles. The van der Waals surface area contributed by atoms with Crippen LogP contribution in [0.5, 0.6) is 0 Å². The van der Waals surface area contributed by atoms with E-state index in [0.717, 1.165) is 17.8 Å². The molecule has 0 aliphatic rings. The molecule has 3 nitrogen and oxygen atoms in total.